The molecule has 18 heavy (non-hydrogen) atoms. The lowest BCUT2D eigenvalue weighted by Gasteiger charge is -2.07. The van der Waals surface area contributed by atoms with Gasteiger partial charge in [-0.3, -0.25) is 4.79 Å². The summed E-state index contributed by atoms with van der Waals surface area (Å²) in [6.07, 6.45) is 0. The van der Waals surface area contributed by atoms with Gasteiger partial charge in [0.15, 0.2) is 17.1 Å². The molecule has 0 spiro atoms. The molecule has 1 aromatic heterocycles. The number of benzene rings is 1. The van der Waals surface area contributed by atoms with Gasteiger partial charge < -0.3 is 14.3 Å². The van der Waals surface area contributed by atoms with E-state index in [9.17, 15) is 9.90 Å². The summed E-state index contributed by atoms with van der Waals surface area (Å²) in [5.74, 6) is 0.347. The molecule has 0 bridgehead atoms. The van der Waals surface area contributed by atoms with Gasteiger partial charge in [-0.05, 0) is 31.6 Å². The molecular weight excluding hydrogens is 232 g/mol. The van der Waals surface area contributed by atoms with Crippen molar-refractivity contribution in [1.82, 2.24) is 0 Å². The molecule has 0 aliphatic carbocycles. The summed E-state index contributed by atoms with van der Waals surface area (Å²) in [4.78, 5) is 11.5. The van der Waals surface area contributed by atoms with Crippen molar-refractivity contribution in [2.75, 3.05) is 7.11 Å². The molecule has 0 aliphatic heterocycles. The smallest absolute Gasteiger partial charge is 0.205 e. The second-order valence-electron chi connectivity index (χ2n) is 4.17. The first-order valence-electron chi connectivity index (χ1n) is 5.46. The van der Waals surface area contributed by atoms with E-state index in [0.29, 0.717) is 16.7 Å². The first-order valence-corrected chi connectivity index (χ1v) is 5.46. The van der Waals surface area contributed by atoms with Crippen LogP contribution in [0.3, 0.4) is 0 Å². The van der Waals surface area contributed by atoms with Gasteiger partial charge in [0.2, 0.25) is 5.75 Å². The molecule has 0 amide bonds. The summed E-state index contributed by atoms with van der Waals surface area (Å²) in [5, 5.41) is 10.7. The number of furan rings is 1. The zero-order valence-corrected chi connectivity index (χ0v) is 10.5. The van der Waals surface area contributed by atoms with E-state index < -0.39 is 0 Å². The van der Waals surface area contributed by atoms with E-state index in [0.717, 1.165) is 5.57 Å². The lowest BCUT2D eigenvalue weighted by molar-refractivity contribution is 0.101. The van der Waals surface area contributed by atoms with Gasteiger partial charge in [-0.15, -0.1) is 0 Å². The van der Waals surface area contributed by atoms with E-state index in [1.165, 1.54) is 14.0 Å². The molecular formula is C14H14O4. The molecule has 4 nitrogen and oxygen atoms in total. The number of carbonyl (C=O) groups is 1. The van der Waals surface area contributed by atoms with Crippen molar-refractivity contribution in [1.29, 1.82) is 0 Å². The zero-order valence-electron chi connectivity index (χ0n) is 10.5. The Morgan fingerprint density at radius 1 is 1.39 bits per heavy atom. The molecule has 0 fully saturated rings. The molecule has 0 saturated carbocycles. The molecule has 0 radical (unpaired) electrons. The zero-order chi connectivity index (χ0) is 13.4. The number of allylic oxidation sites excluding steroid dienone is 1. The van der Waals surface area contributed by atoms with Gasteiger partial charge >= 0.3 is 0 Å². The van der Waals surface area contributed by atoms with E-state index in [4.69, 9.17) is 9.15 Å². The lowest BCUT2D eigenvalue weighted by Crippen LogP contribution is -1.95. The maximum atomic E-state index is 11.5. The summed E-state index contributed by atoms with van der Waals surface area (Å²) in [6, 6.07) is 3.36. The van der Waals surface area contributed by atoms with E-state index in [1.807, 2.05) is 6.92 Å². The van der Waals surface area contributed by atoms with Crippen LogP contribution in [-0.2, 0) is 0 Å². The van der Waals surface area contributed by atoms with Gasteiger partial charge in [0.1, 0.15) is 5.76 Å². The Morgan fingerprint density at radius 2 is 2.06 bits per heavy atom. The fraction of sp³-hybridized carbons (Fsp3) is 0.214. The van der Waals surface area contributed by atoms with Crippen LogP contribution in [-0.4, -0.2) is 18.0 Å². The number of hydrogen-bond acceptors (Lipinski definition) is 4. The molecule has 1 aromatic carbocycles. The minimum absolute atomic E-state index is 0.171. The third-order valence-electron chi connectivity index (χ3n) is 2.74. The second kappa shape index (κ2) is 4.22. The first kappa shape index (κ1) is 12.2. The van der Waals surface area contributed by atoms with E-state index in [1.54, 1.807) is 12.1 Å². The highest BCUT2D eigenvalue weighted by molar-refractivity contribution is 6.03. The number of ether oxygens (including phenoxy) is 1. The standard InChI is InChI=1S/C14H14O4/c1-7(2)11-6-9-5-10(8(3)15)12(16)14(17-4)13(9)18-11/h5-6,16H,1H2,2-4H3. The fourth-order valence-corrected chi connectivity index (χ4v) is 1.81. The van der Waals surface area contributed by atoms with Crippen LogP contribution < -0.4 is 4.74 Å². The molecule has 1 heterocycles. The molecule has 0 aliphatic rings. The SMILES string of the molecule is C=C(C)c1cc2cc(C(C)=O)c(O)c(OC)c2o1. The number of aromatic hydroxyl groups is 1. The molecule has 0 unspecified atom stereocenters. The summed E-state index contributed by atoms with van der Waals surface area (Å²) >= 11 is 0. The van der Waals surface area contributed by atoms with Crippen molar-refractivity contribution in [3.8, 4) is 11.5 Å². The fourth-order valence-electron chi connectivity index (χ4n) is 1.81. The summed E-state index contributed by atoms with van der Waals surface area (Å²) < 4.78 is 10.7. The van der Waals surface area contributed by atoms with Crippen LogP contribution >= 0.6 is 0 Å². The Morgan fingerprint density at radius 3 is 2.56 bits per heavy atom. The molecule has 4 heteroatoms. The normalized spacial score (nSPS) is 10.6. The maximum Gasteiger partial charge on any atom is 0.205 e. The Hall–Kier alpha value is -2.23. The summed E-state index contributed by atoms with van der Waals surface area (Å²) in [7, 11) is 1.42. The number of methoxy groups -OCH3 is 1. The molecule has 0 atom stereocenters. The maximum absolute atomic E-state index is 11.5. The number of phenols is 1. The quantitative estimate of drug-likeness (QED) is 0.843. The number of hydrogen-bond donors (Lipinski definition) is 1. The number of fused-ring (bicyclic) bond motifs is 1. The molecule has 2 aromatic rings. The highest BCUT2D eigenvalue weighted by atomic mass is 16.5. The average Bonchev–Trinajstić information content (AvgIpc) is 2.71. The Labute approximate surface area is 104 Å². The minimum Gasteiger partial charge on any atom is -0.504 e. The molecule has 0 saturated heterocycles. The predicted octanol–water partition coefficient (Wildman–Crippen LogP) is 3.38. The molecule has 2 rings (SSSR count). The third-order valence-corrected chi connectivity index (χ3v) is 2.74. The summed E-state index contributed by atoms with van der Waals surface area (Å²) in [5.41, 5.74) is 1.39. The first-order chi connectivity index (χ1) is 8.45. The number of phenolic OH excluding ortho intramolecular Hbond substituents is 1. The van der Waals surface area contributed by atoms with Crippen molar-refractivity contribution < 1.29 is 19.1 Å². The van der Waals surface area contributed by atoms with Gasteiger partial charge in [0.05, 0.1) is 12.7 Å². The topological polar surface area (TPSA) is 59.7 Å². The minimum atomic E-state index is -0.231. The van der Waals surface area contributed by atoms with Gasteiger partial charge in [-0.2, -0.15) is 0 Å². The van der Waals surface area contributed by atoms with Crippen LogP contribution in [0.5, 0.6) is 11.5 Å². The van der Waals surface area contributed by atoms with Crippen LogP contribution in [0, 0.1) is 0 Å². The van der Waals surface area contributed by atoms with Crippen molar-refractivity contribution in [2.24, 2.45) is 0 Å². The highest BCUT2D eigenvalue weighted by Crippen LogP contribution is 2.40. The summed E-state index contributed by atoms with van der Waals surface area (Å²) in [6.45, 7) is 7.00. The van der Waals surface area contributed by atoms with E-state index in [2.05, 4.69) is 6.58 Å². The van der Waals surface area contributed by atoms with Gasteiger partial charge in [-0.1, -0.05) is 6.58 Å². The van der Waals surface area contributed by atoms with Crippen LogP contribution in [0.2, 0.25) is 0 Å². The van der Waals surface area contributed by atoms with Gasteiger partial charge in [0.25, 0.3) is 0 Å². The average molecular weight is 246 g/mol. The van der Waals surface area contributed by atoms with E-state index in [-0.39, 0.29) is 22.8 Å². The number of carbonyl (C=O) groups excluding carboxylic acids is 1. The van der Waals surface area contributed by atoms with Crippen molar-refractivity contribution in [3.05, 3.63) is 30.0 Å². The Bertz CT molecular complexity index is 649. The van der Waals surface area contributed by atoms with Crippen molar-refractivity contribution in [2.45, 2.75) is 13.8 Å². The Kier molecular flexibility index (Phi) is 2.87. The Balaban J connectivity index is 2.83. The predicted molar refractivity (Wildman–Crippen MR) is 69.1 cm³/mol. The van der Waals surface area contributed by atoms with Crippen LogP contribution in [0.15, 0.2) is 23.1 Å². The highest BCUT2D eigenvalue weighted by Gasteiger charge is 2.19. The van der Waals surface area contributed by atoms with Crippen LogP contribution in [0.1, 0.15) is 30.0 Å². The number of rotatable bonds is 3. The molecule has 94 valence electrons. The van der Waals surface area contributed by atoms with Crippen molar-refractivity contribution in [3.63, 3.8) is 0 Å². The monoisotopic (exact) mass is 246 g/mol. The van der Waals surface area contributed by atoms with Crippen LogP contribution in [0.4, 0.5) is 0 Å². The van der Waals surface area contributed by atoms with Crippen LogP contribution in [0.25, 0.3) is 16.5 Å². The third kappa shape index (κ3) is 1.76. The second-order valence-corrected chi connectivity index (χ2v) is 4.17. The number of ketones is 1. The van der Waals surface area contributed by atoms with Crippen molar-refractivity contribution >= 4 is 22.3 Å². The number of Topliss-reactive ketones (excluding diaryl/α,β-unsaturated/α-hetero) is 1. The molecule has 1 N–H and O–H groups in total. The van der Waals surface area contributed by atoms with Gasteiger partial charge in [0, 0.05) is 5.39 Å². The lowest BCUT2D eigenvalue weighted by atomic mass is 10.1. The van der Waals surface area contributed by atoms with Gasteiger partial charge in [-0.25, -0.2) is 0 Å². The largest absolute Gasteiger partial charge is 0.504 e. The van der Waals surface area contributed by atoms with E-state index >= 15 is 0 Å².